The maximum atomic E-state index is 11.6. The summed E-state index contributed by atoms with van der Waals surface area (Å²) in [4.78, 5) is 12.4. The summed E-state index contributed by atoms with van der Waals surface area (Å²) in [6, 6.07) is 11.7. The van der Waals surface area contributed by atoms with Crippen molar-refractivity contribution in [2.75, 3.05) is 0 Å². The van der Waals surface area contributed by atoms with Crippen molar-refractivity contribution < 1.29 is 4.79 Å². The zero-order valence-corrected chi connectivity index (χ0v) is 11.9. The molecule has 0 bridgehead atoms. The van der Waals surface area contributed by atoms with Crippen molar-refractivity contribution in [2.45, 2.75) is 0 Å². The molecule has 1 aromatic heterocycles. The second-order valence-corrected chi connectivity index (χ2v) is 5.47. The molecule has 0 amide bonds. The molecule has 0 aliphatic carbocycles. The van der Waals surface area contributed by atoms with Crippen LogP contribution in [0.3, 0.4) is 0 Å². The van der Waals surface area contributed by atoms with E-state index in [0.29, 0.717) is 0 Å². The topological polar surface area (TPSA) is 17.1 Å². The number of halogens is 1. The Kier molecular flexibility index (Phi) is 4.67. The maximum Gasteiger partial charge on any atom is 0.195 e. The fourth-order valence-corrected chi connectivity index (χ4v) is 2.29. The first-order chi connectivity index (χ1) is 8.75. The first-order valence-electron chi connectivity index (χ1n) is 5.44. The van der Waals surface area contributed by atoms with Crippen LogP contribution in [0.2, 0.25) is 0 Å². The van der Waals surface area contributed by atoms with E-state index >= 15 is 0 Å². The van der Waals surface area contributed by atoms with Gasteiger partial charge in [-0.1, -0.05) is 52.4 Å². The Morgan fingerprint density at radius 1 is 1.11 bits per heavy atom. The quantitative estimate of drug-likeness (QED) is 0.442. The van der Waals surface area contributed by atoms with Crippen LogP contribution in [0.4, 0.5) is 0 Å². The standard InChI is InChI=1S/C15H11BrOS/c16-13-9-7-12(8-10-13)4-1-2-5-14(17)15-6-3-11-18-15/h1-11H/b4-1+,5-2+. The van der Waals surface area contributed by atoms with Gasteiger partial charge < -0.3 is 0 Å². The molecule has 2 aromatic rings. The number of allylic oxidation sites excluding steroid dienone is 3. The Morgan fingerprint density at radius 2 is 1.89 bits per heavy atom. The molecule has 0 N–H and O–H groups in total. The van der Waals surface area contributed by atoms with Gasteiger partial charge in [-0.15, -0.1) is 11.3 Å². The molecule has 1 heterocycles. The van der Waals surface area contributed by atoms with Crippen molar-refractivity contribution in [3.05, 3.63) is 74.9 Å². The van der Waals surface area contributed by atoms with E-state index in [1.165, 1.54) is 11.3 Å². The summed E-state index contributed by atoms with van der Waals surface area (Å²) in [5.74, 6) is 0.0467. The molecule has 0 atom stereocenters. The monoisotopic (exact) mass is 318 g/mol. The third kappa shape index (κ3) is 3.79. The third-order valence-corrected chi connectivity index (χ3v) is 3.69. The van der Waals surface area contributed by atoms with E-state index in [4.69, 9.17) is 0 Å². The molecule has 0 saturated carbocycles. The van der Waals surface area contributed by atoms with Gasteiger partial charge in [0.2, 0.25) is 0 Å². The van der Waals surface area contributed by atoms with Crippen molar-refractivity contribution >= 4 is 39.1 Å². The van der Waals surface area contributed by atoms with Crippen LogP contribution in [-0.4, -0.2) is 5.78 Å². The van der Waals surface area contributed by atoms with Crippen molar-refractivity contribution in [1.82, 2.24) is 0 Å². The van der Waals surface area contributed by atoms with E-state index in [1.54, 1.807) is 12.2 Å². The summed E-state index contributed by atoms with van der Waals surface area (Å²) >= 11 is 4.84. The van der Waals surface area contributed by atoms with Crippen molar-refractivity contribution in [3.63, 3.8) is 0 Å². The molecule has 2 rings (SSSR count). The van der Waals surface area contributed by atoms with Gasteiger partial charge in [0.05, 0.1) is 4.88 Å². The summed E-state index contributed by atoms with van der Waals surface area (Å²) in [7, 11) is 0. The molecule has 0 aliphatic heterocycles. The lowest BCUT2D eigenvalue weighted by Crippen LogP contribution is -1.87. The summed E-state index contributed by atoms with van der Waals surface area (Å²) in [6.07, 6.45) is 7.19. The molecule has 0 radical (unpaired) electrons. The zero-order valence-electron chi connectivity index (χ0n) is 9.55. The average Bonchev–Trinajstić information content (AvgIpc) is 2.90. The second kappa shape index (κ2) is 6.47. The van der Waals surface area contributed by atoms with E-state index in [-0.39, 0.29) is 5.78 Å². The first-order valence-corrected chi connectivity index (χ1v) is 7.11. The zero-order chi connectivity index (χ0) is 12.8. The molecule has 1 aromatic carbocycles. The number of hydrogen-bond acceptors (Lipinski definition) is 2. The molecule has 0 spiro atoms. The number of rotatable bonds is 4. The summed E-state index contributed by atoms with van der Waals surface area (Å²) < 4.78 is 1.06. The van der Waals surface area contributed by atoms with E-state index in [9.17, 15) is 4.79 Å². The maximum absolute atomic E-state index is 11.6. The number of hydrogen-bond donors (Lipinski definition) is 0. The average molecular weight is 319 g/mol. The second-order valence-electron chi connectivity index (χ2n) is 3.61. The molecule has 18 heavy (non-hydrogen) atoms. The van der Waals surface area contributed by atoms with Crippen LogP contribution in [0.5, 0.6) is 0 Å². The van der Waals surface area contributed by atoms with Gasteiger partial charge >= 0.3 is 0 Å². The van der Waals surface area contributed by atoms with Gasteiger partial charge in [-0.2, -0.15) is 0 Å². The third-order valence-electron chi connectivity index (χ3n) is 2.28. The molecular weight excluding hydrogens is 308 g/mol. The first kappa shape index (κ1) is 13.0. The normalized spacial score (nSPS) is 11.4. The molecule has 3 heteroatoms. The summed E-state index contributed by atoms with van der Waals surface area (Å²) in [6.45, 7) is 0. The minimum atomic E-state index is 0.0467. The Balaban J connectivity index is 1.95. The van der Waals surface area contributed by atoms with E-state index in [0.717, 1.165) is 14.9 Å². The van der Waals surface area contributed by atoms with Crippen molar-refractivity contribution in [1.29, 1.82) is 0 Å². The number of carbonyl (C=O) groups is 1. The lowest BCUT2D eigenvalue weighted by Gasteiger charge is -1.92. The molecule has 0 unspecified atom stereocenters. The van der Waals surface area contributed by atoms with Gasteiger partial charge in [-0.25, -0.2) is 0 Å². The minimum Gasteiger partial charge on any atom is -0.288 e. The predicted octanol–water partition coefficient (Wildman–Crippen LogP) is 4.96. The van der Waals surface area contributed by atoms with Crippen LogP contribution in [0.1, 0.15) is 15.2 Å². The van der Waals surface area contributed by atoms with E-state index < -0.39 is 0 Å². The Labute approximate surface area is 119 Å². The fraction of sp³-hybridized carbons (Fsp3) is 0. The molecule has 0 aliphatic rings. The van der Waals surface area contributed by atoms with Gasteiger partial charge in [0.25, 0.3) is 0 Å². The van der Waals surface area contributed by atoms with Crippen LogP contribution in [0.15, 0.2) is 64.5 Å². The lowest BCUT2D eigenvalue weighted by atomic mass is 10.2. The Morgan fingerprint density at radius 3 is 2.56 bits per heavy atom. The van der Waals surface area contributed by atoms with Gasteiger partial charge in [-0.3, -0.25) is 4.79 Å². The summed E-state index contributed by atoms with van der Waals surface area (Å²) in [5.41, 5.74) is 1.10. The number of carbonyl (C=O) groups excluding carboxylic acids is 1. The van der Waals surface area contributed by atoms with Gasteiger partial charge in [0.1, 0.15) is 0 Å². The number of benzene rings is 1. The van der Waals surface area contributed by atoms with Crippen molar-refractivity contribution in [2.24, 2.45) is 0 Å². The molecule has 1 nitrogen and oxygen atoms in total. The molecular formula is C15H11BrOS. The Bertz CT molecular complexity index is 565. The largest absolute Gasteiger partial charge is 0.288 e. The highest BCUT2D eigenvalue weighted by Crippen LogP contribution is 2.12. The van der Waals surface area contributed by atoms with Gasteiger partial charge in [-0.05, 0) is 35.2 Å². The molecule has 90 valence electrons. The van der Waals surface area contributed by atoms with Crippen LogP contribution in [-0.2, 0) is 0 Å². The summed E-state index contributed by atoms with van der Waals surface area (Å²) in [5, 5.41) is 1.90. The molecule has 0 saturated heterocycles. The van der Waals surface area contributed by atoms with Crippen LogP contribution >= 0.6 is 27.3 Å². The number of thiophene rings is 1. The highest BCUT2D eigenvalue weighted by Gasteiger charge is 1.99. The van der Waals surface area contributed by atoms with Gasteiger partial charge in [0.15, 0.2) is 5.78 Å². The van der Waals surface area contributed by atoms with Gasteiger partial charge in [0, 0.05) is 4.47 Å². The highest BCUT2D eigenvalue weighted by molar-refractivity contribution is 9.10. The number of ketones is 1. The SMILES string of the molecule is O=C(/C=C/C=C/c1ccc(Br)cc1)c1cccs1. The van der Waals surface area contributed by atoms with Crippen LogP contribution in [0, 0.1) is 0 Å². The van der Waals surface area contributed by atoms with Crippen LogP contribution in [0.25, 0.3) is 6.08 Å². The molecule has 0 fully saturated rings. The van der Waals surface area contributed by atoms with Crippen LogP contribution < -0.4 is 0 Å². The minimum absolute atomic E-state index is 0.0467. The highest BCUT2D eigenvalue weighted by atomic mass is 79.9. The fourth-order valence-electron chi connectivity index (χ4n) is 1.38. The van der Waals surface area contributed by atoms with Crippen molar-refractivity contribution in [3.8, 4) is 0 Å². The predicted molar refractivity (Wildman–Crippen MR) is 81.0 cm³/mol. The smallest absolute Gasteiger partial charge is 0.195 e. The van der Waals surface area contributed by atoms with E-state index in [1.807, 2.05) is 53.9 Å². The Hall–Kier alpha value is -1.45. The van der Waals surface area contributed by atoms with E-state index in [2.05, 4.69) is 15.9 Å². The lowest BCUT2D eigenvalue weighted by molar-refractivity contribution is 0.105.